The van der Waals surface area contributed by atoms with Crippen molar-refractivity contribution >= 4 is 65.0 Å². The minimum atomic E-state index is -1.84. The summed E-state index contributed by atoms with van der Waals surface area (Å²) in [5.41, 5.74) is 56.8. The quantitative estimate of drug-likeness (QED) is 0.0125. The van der Waals surface area contributed by atoms with E-state index in [0.29, 0.717) is 89.7 Å². The number of aliphatic hydroxyl groups is 2. The largest absolute Gasteiger partial charge is 0.389 e. The number of aromatic nitrogens is 2. The van der Waals surface area contributed by atoms with Crippen molar-refractivity contribution in [3.05, 3.63) is 30.0 Å². The molecule has 0 aliphatic carbocycles. The van der Waals surface area contributed by atoms with Gasteiger partial charge in [0.1, 0.15) is 48.0 Å². The van der Waals surface area contributed by atoms with E-state index in [0.717, 1.165) is 0 Å². The Hall–Kier alpha value is -7.48. The van der Waals surface area contributed by atoms with Gasteiger partial charge in [-0.1, -0.05) is 12.5 Å². The number of hydrogen-bond acceptors (Lipinski definition) is 22. The number of H-pyrrole nitrogens is 1. The number of unbranched alkanes of at least 4 members (excludes halogenated alkanes) is 4. The maximum atomic E-state index is 14.5. The molecule has 0 bridgehead atoms. The number of aliphatic hydroxyl groups excluding tert-OH is 2. The van der Waals surface area contributed by atoms with E-state index in [-0.39, 0.29) is 89.2 Å². The molecule has 32 N–H and O–H groups in total. The summed E-state index contributed by atoms with van der Waals surface area (Å²) >= 11 is 0. The van der Waals surface area contributed by atoms with Crippen LogP contribution in [0.5, 0.6) is 0 Å². The molecule has 0 unspecified atom stereocenters. The van der Waals surface area contributed by atoms with Crippen molar-refractivity contribution < 1.29 is 58.2 Å². The summed E-state index contributed by atoms with van der Waals surface area (Å²) in [5.74, 6) is -8.63. The summed E-state index contributed by atoms with van der Waals surface area (Å²) in [6.45, 7) is -0.0523. The molecule has 89 heavy (non-hydrogen) atoms. The Morgan fingerprint density at radius 3 is 1.79 bits per heavy atom. The number of nitrogens with two attached hydrogens (primary N) is 10. The van der Waals surface area contributed by atoms with Crippen molar-refractivity contribution in [3.63, 3.8) is 0 Å². The second-order valence-electron chi connectivity index (χ2n) is 21.4. The molecule has 10 amide bonds. The zero-order valence-corrected chi connectivity index (χ0v) is 50.9. The van der Waals surface area contributed by atoms with E-state index in [1.165, 1.54) is 23.5 Å². The summed E-state index contributed by atoms with van der Waals surface area (Å²) in [5, 5.41) is 44.3. The third-order valence-corrected chi connectivity index (χ3v) is 14.3. The summed E-state index contributed by atoms with van der Waals surface area (Å²) in [6, 6.07) is -10.9. The van der Waals surface area contributed by atoms with Gasteiger partial charge in [-0.3, -0.25) is 52.9 Å². The third kappa shape index (κ3) is 29.1. The zero-order valence-electron chi connectivity index (χ0n) is 50.9. The molecule has 504 valence electrons. The summed E-state index contributed by atoms with van der Waals surface area (Å²) in [7, 11) is 0. The van der Waals surface area contributed by atoms with Crippen molar-refractivity contribution in [2.45, 2.75) is 170 Å². The summed E-state index contributed by atoms with van der Waals surface area (Å²) in [4.78, 5) is 151. The third-order valence-electron chi connectivity index (χ3n) is 14.3. The molecule has 1 aliphatic rings. The first-order valence-corrected chi connectivity index (χ1v) is 30.3. The van der Waals surface area contributed by atoms with Crippen molar-refractivity contribution in [3.8, 4) is 0 Å². The number of likely N-dealkylation sites (tertiary alicyclic amines) is 1. The topological polar surface area (TPSA) is 624 Å². The van der Waals surface area contributed by atoms with Gasteiger partial charge in [0, 0.05) is 51.0 Å². The van der Waals surface area contributed by atoms with Gasteiger partial charge in [0.15, 0.2) is 5.96 Å². The fraction of sp³-hybridized carbons (Fsp3) is 0.704. The SMILES string of the molecule is NCCCCNC(=O)[C@H](CCCCN)NC(=O)/C(=C\CCN=C(N)N)NC(=O)[C@H](CCCCN)NC(=O)[C@H](Cc1cnc[nH]1)NC(=O)[C@@H]1CCCN1C(=O)[C@@H](CCCN)NC(=O)CNC(=O)[C@@H](NC(=O)[C@@H](NC(=O)[C@@H](N)CCCCN)[C@@H](O)CN)[C@@H](O)CN. The Morgan fingerprint density at radius 1 is 0.629 bits per heavy atom. The number of imidazole rings is 1. The molecule has 1 fully saturated rings. The first-order chi connectivity index (χ1) is 42.6. The highest BCUT2D eigenvalue weighted by Crippen LogP contribution is 2.21. The molecular weight excluding hydrogens is 1160 g/mol. The van der Waals surface area contributed by atoms with Crippen molar-refractivity contribution in [2.24, 2.45) is 62.3 Å². The van der Waals surface area contributed by atoms with E-state index in [2.05, 4.69) is 62.8 Å². The van der Waals surface area contributed by atoms with Crippen LogP contribution in [0.1, 0.15) is 108 Å². The van der Waals surface area contributed by atoms with Crippen LogP contribution in [0, 0.1) is 0 Å². The highest BCUT2D eigenvalue weighted by atomic mass is 16.3. The molecule has 1 aliphatic heterocycles. The van der Waals surface area contributed by atoms with Crippen LogP contribution in [-0.2, 0) is 54.4 Å². The van der Waals surface area contributed by atoms with Crippen LogP contribution in [0.4, 0.5) is 0 Å². The summed E-state index contributed by atoms with van der Waals surface area (Å²) in [6.07, 6.45) is 5.86. The molecule has 10 atom stereocenters. The van der Waals surface area contributed by atoms with E-state index in [4.69, 9.17) is 57.3 Å². The number of rotatable bonds is 46. The van der Waals surface area contributed by atoms with Crippen LogP contribution in [0.15, 0.2) is 29.3 Å². The van der Waals surface area contributed by atoms with Crippen LogP contribution >= 0.6 is 0 Å². The molecule has 1 aromatic rings. The standard InChI is InChI=1S/C54H101N23O12/c55-18-4-1-12-33(62)45(81)75-44(41(79)28-61)52(88)76-43(40(78)27-60)51(87)68-30-42(80)70-37(15-9-22-59)53(89)77-25-11-17-39(77)50(86)74-38(26-32-29-65-31-69-32)49(85)73-35(14-3-6-20-57)47(83)72-36(16-10-24-67-54(63)64)48(84)71-34(13-2-5-19-56)46(82)66-23-8-7-21-58/h16,29,31,33-35,37-41,43-44,78-79H,1-15,17-28,30,55-62H2,(H,65,69)(H,66,82)(H,68,87)(H,70,80)(H,71,84)(H,72,83)(H,73,85)(H,74,86)(H,75,81)(H,76,88)(H4,63,64,67)/b36-16+/t33-,34-,35-,37+,38-,39-,40-,41-,43-,44-/m0/s1. The van der Waals surface area contributed by atoms with Gasteiger partial charge in [0.25, 0.3) is 5.91 Å². The fourth-order valence-corrected chi connectivity index (χ4v) is 9.25. The number of carbonyl (C=O) groups is 10. The molecule has 0 aromatic carbocycles. The highest BCUT2D eigenvalue weighted by molar-refractivity contribution is 6.02. The monoisotopic (exact) mass is 1260 g/mol. The van der Waals surface area contributed by atoms with E-state index >= 15 is 0 Å². The molecule has 35 nitrogen and oxygen atoms in total. The summed E-state index contributed by atoms with van der Waals surface area (Å²) < 4.78 is 0. The van der Waals surface area contributed by atoms with Gasteiger partial charge in [-0.15, -0.1) is 0 Å². The van der Waals surface area contributed by atoms with Crippen LogP contribution in [0.25, 0.3) is 0 Å². The van der Waals surface area contributed by atoms with Crippen molar-refractivity contribution in [1.82, 2.24) is 62.7 Å². The second-order valence-corrected chi connectivity index (χ2v) is 21.4. The molecule has 2 heterocycles. The van der Waals surface area contributed by atoms with Gasteiger partial charge in [-0.05, 0) is 129 Å². The maximum Gasteiger partial charge on any atom is 0.268 e. The number of guanidine groups is 1. The predicted molar refractivity (Wildman–Crippen MR) is 330 cm³/mol. The average Bonchev–Trinajstić information content (AvgIpc) is 3.90. The Labute approximate surface area is 518 Å². The second kappa shape index (κ2) is 44.0. The molecule has 0 saturated carbocycles. The number of amides is 10. The highest BCUT2D eigenvalue weighted by Gasteiger charge is 2.40. The van der Waals surface area contributed by atoms with Gasteiger partial charge < -0.3 is 125 Å². The van der Waals surface area contributed by atoms with Gasteiger partial charge in [-0.25, -0.2) is 4.98 Å². The first kappa shape index (κ1) is 77.6. The number of nitrogens with zero attached hydrogens (tertiary/aromatic N) is 3. The Bertz CT molecular complexity index is 2420. The van der Waals surface area contributed by atoms with Gasteiger partial charge in [0.2, 0.25) is 53.2 Å². The van der Waals surface area contributed by atoms with E-state index in [1.54, 1.807) is 0 Å². The Kier molecular flexibility index (Phi) is 38.4. The lowest BCUT2D eigenvalue weighted by molar-refractivity contribution is -0.142. The lowest BCUT2D eigenvalue weighted by atomic mass is 10.0. The minimum absolute atomic E-state index is 0.0148. The van der Waals surface area contributed by atoms with Crippen LogP contribution in [-0.4, -0.2) is 223 Å². The number of aliphatic imine (C=N–C) groups is 1. The molecule has 1 aromatic heterocycles. The van der Waals surface area contributed by atoms with Gasteiger partial charge in [-0.2, -0.15) is 0 Å². The Balaban J connectivity index is 2.39. The molecule has 1 saturated heterocycles. The lowest BCUT2D eigenvalue weighted by Crippen LogP contribution is -2.63. The predicted octanol–water partition coefficient (Wildman–Crippen LogP) is -9.42. The molecule has 35 heteroatoms. The minimum Gasteiger partial charge on any atom is -0.389 e. The molecule has 0 radical (unpaired) electrons. The maximum absolute atomic E-state index is 14.5. The van der Waals surface area contributed by atoms with Crippen LogP contribution < -0.4 is 105 Å². The van der Waals surface area contributed by atoms with Gasteiger partial charge >= 0.3 is 0 Å². The first-order valence-electron chi connectivity index (χ1n) is 30.3. The van der Waals surface area contributed by atoms with Crippen LogP contribution in [0.2, 0.25) is 0 Å². The van der Waals surface area contributed by atoms with Crippen molar-refractivity contribution in [1.29, 1.82) is 0 Å². The number of aromatic amines is 1. The van der Waals surface area contributed by atoms with Crippen LogP contribution in [0.3, 0.4) is 0 Å². The smallest absolute Gasteiger partial charge is 0.268 e. The number of hydrogen-bond donors (Lipinski definition) is 22. The normalized spacial score (nSPS) is 16.1. The lowest BCUT2D eigenvalue weighted by Gasteiger charge is -2.30. The van der Waals surface area contributed by atoms with Crippen molar-refractivity contribution in [2.75, 3.05) is 72.0 Å². The number of carbonyl (C=O) groups excluding carboxylic acids is 10. The van der Waals surface area contributed by atoms with Gasteiger partial charge in [0.05, 0.1) is 31.1 Å². The van der Waals surface area contributed by atoms with E-state index in [9.17, 15) is 58.2 Å². The average molecular weight is 1260 g/mol. The molecular formula is C54H101N23O12. The Morgan fingerprint density at radius 2 is 1.20 bits per heavy atom. The van der Waals surface area contributed by atoms with E-state index < -0.39 is 139 Å². The number of nitrogens with one attached hydrogen (secondary N) is 10. The fourth-order valence-electron chi connectivity index (χ4n) is 9.25. The molecule has 2 rings (SSSR count). The zero-order chi connectivity index (χ0) is 66.3. The van der Waals surface area contributed by atoms with E-state index in [1.807, 2.05) is 0 Å². The molecule has 0 spiro atoms.